The van der Waals surface area contributed by atoms with E-state index < -0.39 is 28.0 Å². The van der Waals surface area contributed by atoms with Gasteiger partial charge in [-0.1, -0.05) is 37.5 Å². The van der Waals surface area contributed by atoms with Crippen LogP contribution in [0.5, 0.6) is 0 Å². The molecule has 1 aromatic rings. The third-order valence-corrected chi connectivity index (χ3v) is 5.04. The number of rotatable bonds is 8. The van der Waals surface area contributed by atoms with Crippen LogP contribution in [0.4, 0.5) is 0 Å². The SMILES string of the molecule is CCCC[C@@H](C(=O)O)[C@H](C)NS(=O)(=O)c1ccc(C)cc1. The van der Waals surface area contributed by atoms with Crippen molar-refractivity contribution in [2.24, 2.45) is 5.92 Å². The first-order chi connectivity index (χ1) is 9.77. The zero-order chi connectivity index (χ0) is 16.0. The lowest BCUT2D eigenvalue weighted by Gasteiger charge is -2.21. The number of aryl methyl sites for hydroxylation is 1. The van der Waals surface area contributed by atoms with E-state index >= 15 is 0 Å². The Morgan fingerprint density at radius 1 is 1.29 bits per heavy atom. The van der Waals surface area contributed by atoms with Gasteiger partial charge in [0.2, 0.25) is 10.0 Å². The van der Waals surface area contributed by atoms with Crippen LogP contribution in [-0.2, 0) is 14.8 Å². The number of unbranched alkanes of at least 4 members (excludes halogenated alkanes) is 1. The molecule has 0 saturated heterocycles. The van der Waals surface area contributed by atoms with E-state index in [4.69, 9.17) is 0 Å². The van der Waals surface area contributed by atoms with Crippen LogP contribution in [0.3, 0.4) is 0 Å². The molecule has 0 fully saturated rings. The topological polar surface area (TPSA) is 83.5 Å². The van der Waals surface area contributed by atoms with E-state index in [1.807, 2.05) is 13.8 Å². The number of sulfonamides is 1. The number of aliphatic carboxylic acids is 1. The lowest BCUT2D eigenvalue weighted by molar-refractivity contribution is -0.142. The molecule has 118 valence electrons. The summed E-state index contributed by atoms with van der Waals surface area (Å²) < 4.78 is 27.0. The van der Waals surface area contributed by atoms with E-state index in [0.29, 0.717) is 6.42 Å². The summed E-state index contributed by atoms with van der Waals surface area (Å²) in [5.41, 5.74) is 0.966. The molecule has 0 unspecified atom stereocenters. The molecule has 0 spiro atoms. The van der Waals surface area contributed by atoms with E-state index in [1.165, 1.54) is 12.1 Å². The van der Waals surface area contributed by atoms with Gasteiger partial charge in [0.25, 0.3) is 0 Å². The second-order valence-electron chi connectivity index (χ2n) is 5.31. The summed E-state index contributed by atoms with van der Waals surface area (Å²) in [6, 6.07) is 5.81. The van der Waals surface area contributed by atoms with Crippen LogP contribution in [-0.4, -0.2) is 25.5 Å². The first-order valence-electron chi connectivity index (χ1n) is 7.09. The van der Waals surface area contributed by atoms with Crippen LogP contribution < -0.4 is 4.72 Å². The van der Waals surface area contributed by atoms with E-state index in [1.54, 1.807) is 19.1 Å². The van der Waals surface area contributed by atoms with E-state index in [0.717, 1.165) is 18.4 Å². The van der Waals surface area contributed by atoms with Crippen molar-refractivity contribution in [1.82, 2.24) is 4.72 Å². The van der Waals surface area contributed by atoms with Crippen LogP contribution in [0.15, 0.2) is 29.2 Å². The Morgan fingerprint density at radius 3 is 2.33 bits per heavy atom. The largest absolute Gasteiger partial charge is 0.481 e. The van der Waals surface area contributed by atoms with Gasteiger partial charge in [-0.05, 0) is 32.4 Å². The molecule has 1 aromatic carbocycles. The Labute approximate surface area is 126 Å². The normalized spacial score (nSPS) is 14.6. The molecule has 0 aliphatic carbocycles. The monoisotopic (exact) mass is 313 g/mol. The summed E-state index contributed by atoms with van der Waals surface area (Å²) in [6.07, 6.45) is 2.10. The minimum absolute atomic E-state index is 0.152. The molecule has 0 saturated carbocycles. The summed E-state index contributed by atoms with van der Waals surface area (Å²) in [6.45, 7) is 5.44. The minimum atomic E-state index is -3.69. The summed E-state index contributed by atoms with van der Waals surface area (Å²) in [5, 5.41) is 9.24. The summed E-state index contributed by atoms with van der Waals surface area (Å²) in [5.74, 6) is -1.69. The lowest BCUT2D eigenvalue weighted by Crippen LogP contribution is -2.41. The van der Waals surface area contributed by atoms with Crippen LogP contribution in [0.2, 0.25) is 0 Å². The van der Waals surface area contributed by atoms with Crippen LogP contribution in [0, 0.1) is 12.8 Å². The number of carboxylic acids is 1. The average Bonchev–Trinajstić information content (AvgIpc) is 2.38. The Balaban J connectivity index is 2.85. The van der Waals surface area contributed by atoms with Crippen molar-refractivity contribution in [2.75, 3.05) is 0 Å². The number of hydrogen-bond donors (Lipinski definition) is 2. The van der Waals surface area contributed by atoms with Gasteiger partial charge in [-0.3, -0.25) is 4.79 Å². The van der Waals surface area contributed by atoms with Crippen molar-refractivity contribution in [1.29, 1.82) is 0 Å². The first-order valence-corrected chi connectivity index (χ1v) is 8.58. The smallest absolute Gasteiger partial charge is 0.308 e. The fourth-order valence-electron chi connectivity index (χ4n) is 2.12. The third kappa shape index (κ3) is 5.13. The van der Waals surface area contributed by atoms with Gasteiger partial charge in [-0.15, -0.1) is 0 Å². The molecule has 0 heterocycles. The molecule has 0 amide bonds. The van der Waals surface area contributed by atoms with Gasteiger partial charge in [0.15, 0.2) is 0 Å². The van der Waals surface area contributed by atoms with Crippen molar-refractivity contribution in [2.45, 2.75) is 51.0 Å². The molecule has 0 aromatic heterocycles. The molecule has 2 atom stereocenters. The van der Waals surface area contributed by atoms with Gasteiger partial charge in [0.1, 0.15) is 0 Å². The Hall–Kier alpha value is -1.40. The maximum Gasteiger partial charge on any atom is 0.308 e. The highest BCUT2D eigenvalue weighted by atomic mass is 32.2. The fourth-order valence-corrected chi connectivity index (χ4v) is 3.41. The molecule has 0 radical (unpaired) electrons. The quantitative estimate of drug-likeness (QED) is 0.772. The van der Waals surface area contributed by atoms with Gasteiger partial charge in [-0.2, -0.15) is 0 Å². The van der Waals surface area contributed by atoms with Crippen molar-refractivity contribution in [3.05, 3.63) is 29.8 Å². The maximum atomic E-state index is 12.3. The van der Waals surface area contributed by atoms with Gasteiger partial charge in [-0.25, -0.2) is 13.1 Å². The Bertz CT molecular complexity index is 566. The molecule has 5 nitrogen and oxygen atoms in total. The molecular weight excluding hydrogens is 290 g/mol. The molecule has 0 aliphatic rings. The van der Waals surface area contributed by atoms with Crippen molar-refractivity contribution in [3.63, 3.8) is 0 Å². The van der Waals surface area contributed by atoms with Crippen molar-refractivity contribution < 1.29 is 18.3 Å². The minimum Gasteiger partial charge on any atom is -0.481 e. The first kappa shape index (κ1) is 17.7. The molecule has 0 aliphatic heterocycles. The number of carbonyl (C=O) groups is 1. The summed E-state index contributed by atoms with van der Waals surface area (Å²) >= 11 is 0. The predicted octanol–water partition coefficient (Wildman–Crippen LogP) is 2.55. The highest BCUT2D eigenvalue weighted by Crippen LogP contribution is 2.17. The number of nitrogens with one attached hydrogen (secondary N) is 1. The number of benzene rings is 1. The van der Waals surface area contributed by atoms with Crippen molar-refractivity contribution in [3.8, 4) is 0 Å². The summed E-state index contributed by atoms with van der Waals surface area (Å²) in [4.78, 5) is 11.4. The van der Waals surface area contributed by atoms with Crippen LogP contribution in [0.1, 0.15) is 38.7 Å². The van der Waals surface area contributed by atoms with Gasteiger partial charge in [0.05, 0.1) is 10.8 Å². The van der Waals surface area contributed by atoms with E-state index in [-0.39, 0.29) is 4.90 Å². The van der Waals surface area contributed by atoms with Gasteiger partial charge in [0, 0.05) is 6.04 Å². The molecular formula is C15H23NO4S. The van der Waals surface area contributed by atoms with E-state index in [9.17, 15) is 18.3 Å². The lowest BCUT2D eigenvalue weighted by atomic mass is 9.96. The molecule has 0 bridgehead atoms. The van der Waals surface area contributed by atoms with Gasteiger partial charge >= 0.3 is 5.97 Å². The maximum absolute atomic E-state index is 12.3. The zero-order valence-electron chi connectivity index (χ0n) is 12.7. The third-order valence-electron chi connectivity index (χ3n) is 3.46. The zero-order valence-corrected chi connectivity index (χ0v) is 13.5. The van der Waals surface area contributed by atoms with Crippen LogP contribution in [0.25, 0.3) is 0 Å². The Morgan fingerprint density at radius 2 is 1.86 bits per heavy atom. The number of carboxylic acid groups (broad SMARTS) is 1. The molecule has 21 heavy (non-hydrogen) atoms. The standard InChI is InChI=1S/C15H23NO4S/c1-4-5-6-14(15(17)18)12(3)16-21(19,20)13-9-7-11(2)8-10-13/h7-10,12,14,16H,4-6H2,1-3H3,(H,17,18)/t12-,14+/m0/s1. The second-order valence-corrected chi connectivity index (χ2v) is 7.02. The average molecular weight is 313 g/mol. The van der Waals surface area contributed by atoms with Crippen LogP contribution >= 0.6 is 0 Å². The van der Waals surface area contributed by atoms with Crippen molar-refractivity contribution >= 4 is 16.0 Å². The highest BCUT2D eigenvalue weighted by molar-refractivity contribution is 7.89. The van der Waals surface area contributed by atoms with E-state index in [2.05, 4.69) is 4.72 Å². The molecule has 2 N–H and O–H groups in total. The second kappa shape index (κ2) is 7.56. The van der Waals surface area contributed by atoms with Gasteiger partial charge < -0.3 is 5.11 Å². The molecule has 6 heteroatoms. The predicted molar refractivity (Wildman–Crippen MR) is 81.6 cm³/mol. The Kier molecular flexibility index (Phi) is 6.36. The molecule has 1 rings (SSSR count). The fraction of sp³-hybridized carbons (Fsp3) is 0.533. The summed E-state index contributed by atoms with van der Waals surface area (Å²) in [7, 11) is -3.69. The number of hydrogen-bond acceptors (Lipinski definition) is 3. The highest BCUT2D eigenvalue weighted by Gasteiger charge is 2.28.